The molecule has 4 nitrogen and oxygen atoms in total. The number of thiazole rings is 1. The van der Waals surface area contributed by atoms with Gasteiger partial charge in [-0.2, -0.15) is 0 Å². The van der Waals surface area contributed by atoms with Gasteiger partial charge in [-0.3, -0.25) is 4.98 Å². The van der Waals surface area contributed by atoms with Crippen molar-refractivity contribution in [3.05, 3.63) is 41.0 Å². The van der Waals surface area contributed by atoms with Crippen molar-refractivity contribution >= 4 is 17.2 Å². The standard InChI is InChI=1S/C14H18N4S/c1-2-6-16-14(3-1)18-7-4-12(5-8-18)17-10-13-9-15-11-19-13/h1-3,6,9,11-12,17H,4-5,7-8,10H2. The van der Waals surface area contributed by atoms with Crippen LogP contribution in [-0.4, -0.2) is 29.1 Å². The Bertz CT molecular complexity index is 477. The summed E-state index contributed by atoms with van der Waals surface area (Å²) in [5.41, 5.74) is 1.89. The summed E-state index contributed by atoms with van der Waals surface area (Å²) in [6, 6.07) is 6.72. The maximum atomic E-state index is 4.41. The van der Waals surface area contributed by atoms with Gasteiger partial charge in [0.15, 0.2) is 0 Å². The summed E-state index contributed by atoms with van der Waals surface area (Å²) in [5.74, 6) is 1.10. The van der Waals surface area contributed by atoms with E-state index in [0.29, 0.717) is 6.04 Å². The van der Waals surface area contributed by atoms with Gasteiger partial charge < -0.3 is 10.2 Å². The van der Waals surface area contributed by atoms with Crippen LogP contribution >= 0.6 is 11.3 Å². The summed E-state index contributed by atoms with van der Waals surface area (Å²) in [5, 5.41) is 3.62. The minimum absolute atomic E-state index is 0.613. The zero-order chi connectivity index (χ0) is 12.9. The number of nitrogens with zero attached hydrogens (tertiary/aromatic N) is 3. The van der Waals surface area contributed by atoms with E-state index in [1.165, 1.54) is 17.7 Å². The first-order chi connectivity index (χ1) is 9.42. The van der Waals surface area contributed by atoms with Crippen molar-refractivity contribution in [2.24, 2.45) is 0 Å². The van der Waals surface area contributed by atoms with Crippen molar-refractivity contribution in [1.29, 1.82) is 0 Å². The molecule has 0 atom stereocenters. The Morgan fingerprint density at radius 3 is 2.89 bits per heavy atom. The molecule has 0 aliphatic carbocycles. The average Bonchev–Trinajstić information content (AvgIpc) is 3.00. The molecule has 3 rings (SSSR count). The van der Waals surface area contributed by atoms with Crippen LogP contribution in [0.5, 0.6) is 0 Å². The Morgan fingerprint density at radius 2 is 2.21 bits per heavy atom. The first-order valence-corrected chi connectivity index (χ1v) is 7.56. The predicted molar refractivity (Wildman–Crippen MR) is 78.4 cm³/mol. The average molecular weight is 274 g/mol. The molecule has 0 aromatic carbocycles. The molecule has 2 aromatic rings. The fourth-order valence-electron chi connectivity index (χ4n) is 2.43. The van der Waals surface area contributed by atoms with Crippen molar-refractivity contribution in [2.45, 2.75) is 25.4 Å². The van der Waals surface area contributed by atoms with Crippen molar-refractivity contribution in [3.8, 4) is 0 Å². The van der Waals surface area contributed by atoms with Gasteiger partial charge in [0, 0.05) is 42.9 Å². The van der Waals surface area contributed by atoms with Gasteiger partial charge in [0.05, 0.1) is 5.51 Å². The van der Waals surface area contributed by atoms with Crippen LogP contribution in [0.2, 0.25) is 0 Å². The van der Waals surface area contributed by atoms with E-state index in [-0.39, 0.29) is 0 Å². The minimum atomic E-state index is 0.613. The zero-order valence-electron chi connectivity index (χ0n) is 10.8. The molecule has 1 saturated heterocycles. The SMILES string of the molecule is c1ccc(N2CCC(NCc3cncs3)CC2)nc1. The van der Waals surface area contributed by atoms with Crippen LogP contribution in [-0.2, 0) is 6.54 Å². The van der Waals surface area contributed by atoms with E-state index < -0.39 is 0 Å². The largest absolute Gasteiger partial charge is 0.357 e. The van der Waals surface area contributed by atoms with Crippen LogP contribution in [0, 0.1) is 0 Å². The van der Waals surface area contributed by atoms with Crippen molar-refractivity contribution in [3.63, 3.8) is 0 Å². The van der Waals surface area contributed by atoms with Gasteiger partial charge >= 0.3 is 0 Å². The normalized spacial score (nSPS) is 16.7. The Balaban J connectivity index is 1.47. The summed E-state index contributed by atoms with van der Waals surface area (Å²) in [6.45, 7) is 3.10. The van der Waals surface area contributed by atoms with E-state index in [0.717, 1.165) is 25.5 Å². The van der Waals surface area contributed by atoms with Gasteiger partial charge in [0.2, 0.25) is 0 Å². The van der Waals surface area contributed by atoms with Gasteiger partial charge in [0.1, 0.15) is 5.82 Å². The Morgan fingerprint density at radius 1 is 1.32 bits per heavy atom. The minimum Gasteiger partial charge on any atom is -0.357 e. The molecule has 1 aliphatic heterocycles. The van der Waals surface area contributed by atoms with Gasteiger partial charge in [-0.15, -0.1) is 11.3 Å². The summed E-state index contributed by atoms with van der Waals surface area (Å²) < 4.78 is 0. The van der Waals surface area contributed by atoms with Crippen LogP contribution in [0.4, 0.5) is 5.82 Å². The third kappa shape index (κ3) is 3.30. The van der Waals surface area contributed by atoms with E-state index >= 15 is 0 Å². The van der Waals surface area contributed by atoms with Crippen molar-refractivity contribution in [1.82, 2.24) is 15.3 Å². The predicted octanol–water partition coefficient (Wildman–Crippen LogP) is 2.30. The highest BCUT2D eigenvalue weighted by Crippen LogP contribution is 2.17. The maximum Gasteiger partial charge on any atom is 0.128 e. The quantitative estimate of drug-likeness (QED) is 0.929. The highest BCUT2D eigenvalue weighted by atomic mass is 32.1. The van der Waals surface area contributed by atoms with E-state index in [4.69, 9.17) is 0 Å². The zero-order valence-corrected chi connectivity index (χ0v) is 11.6. The number of aromatic nitrogens is 2. The van der Waals surface area contributed by atoms with Crippen LogP contribution in [0.15, 0.2) is 36.1 Å². The second kappa shape index (κ2) is 6.12. The van der Waals surface area contributed by atoms with Crippen LogP contribution < -0.4 is 10.2 Å². The molecular formula is C14H18N4S. The summed E-state index contributed by atoms with van der Waals surface area (Å²) in [6.07, 6.45) is 6.16. The molecule has 1 N–H and O–H groups in total. The molecule has 0 saturated carbocycles. The topological polar surface area (TPSA) is 41.0 Å². The van der Waals surface area contributed by atoms with Crippen LogP contribution in [0.1, 0.15) is 17.7 Å². The molecule has 100 valence electrons. The molecule has 0 spiro atoms. The van der Waals surface area contributed by atoms with Gasteiger partial charge in [-0.05, 0) is 25.0 Å². The fourth-order valence-corrected chi connectivity index (χ4v) is 2.97. The second-order valence-electron chi connectivity index (χ2n) is 4.80. The number of anilines is 1. The lowest BCUT2D eigenvalue weighted by atomic mass is 10.1. The molecule has 0 unspecified atom stereocenters. The molecular weight excluding hydrogens is 256 g/mol. The highest BCUT2D eigenvalue weighted by molar-refractivity contribution is 7.09. The van der Waals surface area contributed by atoms with Gasteiger partial charge in [-0.25, -0.2) is 4.98 Å². The van der Waals surface area contributed by atoms with E-state index in [9.17, 15) is 0 Å². The molecule has 5 heteroatoms. The highest BCUT2D eigenvalue weighted by Gasteiger charge is 2.19. The molecule has 1 aliphatic rings. The monoisotopic (exact) mass is 274 g/mol. The first-order valence-electron chi connectivity index (χ1n) is 6.68. The summed E-state index contributed by atoms with van der Waals surface area (Å²) in [7, 11) is 0. The molecule has 3 heterocycles. The van der Waals surface area contributed by atoms with E-state index in [1.54, 1.807) is 11.3 Å². The number of rotatable bonds is 4. The molecule has 0 radical (unpaired) electrons. The number of hydrogen-bond acceptors (Lipinski definition) is 5. The van der Waals surface area contributed by atoms with Crippen LogP contribution in [0.3, 0.4) is 0 Å². The van der Waals surface area contributed by atoms with Crippen molar-refractivity contribution in [2.75, 3.05) is 18.0 Å². The Hall–Kier alpha value is -1.46. The third-order valence-corrected chi connectivity index (χ3v) is 4.30. The van der Waals surface area contributed by atoms with Crippen LogP contribution in [0.25, 0.3) is 0 Å². The van der Waals surface area contributed by atoms with E-state index in [1.807, 2.05) is 24.0 Å². The summed E-state index contributed by atoms with van der Waals surface area (Å²) >= 11 is 1.71. The maximum absolute atomic E-state index is 4.41. The Kier molecular flexibility index (Phi) is 4.05. The lowest BCUT2D eigenvalue weighted by Crippen LogP contribution is -2.42. The first kappa shape index (κ1) is 12.6. The third-order valence-electron chi connectivity index (χ3n) is 3.52. The lowest BCUT2D eigenvalue weighted by molar-refractivity contribution is 0.414. The van der Waals surface area contributed by atoms with Gasteiger partial charge in [-0.1, -0.05) is 6.07 Å². The fraction of sp³-hybridized carbons (Fsp3) is 0.429. The number of pyridine rings is 1. The molecule has 2 aromatic heterocycles. The smallest absolute Gasteiger partial charge is 0.128 e. The van der Waals surface area contributed by atoms with E-state index in [2.05, 4.69) is 32.3 Å². The van der Waals surface area contributed by atoms with Crippen molar-refractivity contribution < 1.29 is 0 Å². The Labute approximate surface area is 117 Å². The van der Waals surface area contributed by atoms with Gasteiger partial charge in [0.25, 0.3) is 0 Å². The number of hydrogen-bond donors (Lipinski definition) is 1. The summed E-state index contributed by atoms with van der Waals surface area (Å²) in [4.78, 5) is 12.2. The molecule has 19 heavy (non-hydrogen) atoms. The molecule has 0 bridgehead atoms. The number of nitrogens with one attached hydrogen (secondary N) is 1. The molecule has 1 fully saturated rings. The second-order valence-corrected chi connectivity index (χ2v) is 5.77. The molecule has 0 amide bonds. The number of piperidine rings is 1. The lowest BCUT2D eigenvalue weighted by Gasteiger charge is -2.33.